The summed E-state index contributed by atoms with van der Waals surface area (Å²) < 4.78 is 15.4. The van der Waals surface area contributed by atoms with E-state index in [1.54, 1.807) is 6.07 Å². The van der Waals surface area contributed by atoms with Crippen molar-refractivity contribution in [3.05, 3.63) is 64.6 Å². The third-order valence-electron chi connectivity index (χ3n) is 5.79. The number of fused-ring (bicyclic) bond motifs is 3. The van der Waals surface area contributed by atoms with E-state index in [2.05, 4.69) is 42.7 Å². The number of hydrogen-bond donors (Lipinski definition) is 0. The monoisotopic (exact) mass is 412 g/mol. The van der Waals surface area contributed by atoms with E-state index in [0.717, 1.165) is 67.2 Å². The molecule has 0 atom stereocenters. The molecule has 1 aromatic carbocycles. The minimum atomic E-state index is -0.307. The van der Waals surface area contributed by atoms with Crippen LogP contribution in [0.25, 0.3) is 5.69 Å². The van der Waals surface area contributed by atoms with Gasteiger partial charge in [-0.15, -0.1) is 10.2 Å². The molecule has 1 fully saturated rings. The summed E-state index contributed by atoms with van der Waals surface area (Å²) in [5, 5.41) is 9.86. The molecule has 4 heterocycles. The van der Waals surface area contributed by atoms with Crippen molar-refractivity contribution in [2.24, 2.45) is 0 Å². The van der Waals surface area contributed by atoms with Crippen LogP contribution < -0.4 is 4.90 Å². The molecule has 0 bridgehead atoms. The van der Waals surface area contributed by atoms with Crippen LogP contribution in [-0.2, 0) is 13.1 Å². The average Bonchev–Trinajstić information content (AvgIpc) is 3.06. The zero-order chi connectivity index (χ0) is 20.0. The summed E-state index contributed by atoms with van der Waals surface area (Å²) in [6.45, 7) is 3.29. The molecular weight excluding hydrogens is 391 g/mol. The van der Waals surface area contributed by atoms with Gasteiger partial charge in [0.2, 0.25) is 0 Å². The van der Waals surface area contributed by atoms with Crippen LogP contribution in [0.5, 0.6) is 0 Å². The highest BCUT2D eigenvalue weighted by Gasteiger charge is 2.29. The number of aromatic nitrogens is 4. The third kappa shape index (κ3) is 3.49. The molecule has 0 amide bonds. The molecule has 0 aliphatic carbocycles. The number of benzene rings is 1. The maximum Gasteiger partial charge on any atom is 0.151 e. The fourth-order valence-corrected chi connectivity index (χ4v) is 4.56. The fraction of sp³-hybridized carbons (Fsp3) is 0.381. The van der Waals surface area contributed by atoms with Crippen molar-refractivity contribution in [2.75, 3.05) is 25.0 Å². The normalized spacial score (nSPS) is 17.7. The average molecular weight is 413 g/mol. The SMILES string of the molecule is CN1Cc2cc(Cl)ccc2-n2c(nnc2C2CCN(c3ccc(F)cn3)CC2)C1. The van der Waals surface area contributed by atoms with Crippen LogP contribution in [0.15, 0.2) is 36.5 Å². The Labute approximate surface area is 173 Å². The van der Waals surface area contributed by atoms with Gasteiger partial charge in [-0.25, -0.2) is 9.37 Å². The molecule has 29 heavy (non-hydrogen) atoms. The van der Waals surface area contributed by atoms with Crippen molar-refractivity contribution in [1.82, 2.24) is 24.6 Å². The first kappa shape index (κ1) is 18.5. The minimum absolute atomic E-state index is 0.307. The molecular formula is C21H22ClFN6. The first-order valence-corrected chi connectivity index (χ1v) is 10.2. The molecule has 0 spiro atoms. The predicted octanol–water partition coefficient (Wildman–Crippen LogP) is 3.78. The van der Waals surface area contributed by atoms with Gasteiger partial charge in [-0.3, -0.25) is 9.47 Å². The van der Waals surface area contributed by atoms with Crippen LogP contribution in [0, 0.1) is 5.82 Å². The number of hydrogen-bond acceptors (Lipinski definition) is 5. The first-order chi connectivity index (χ1) is 14.1. The molecule has 0 N–H and O–H groups in total. The highest BCUT2D eigenvalue weighted by Crippen LogP contribution is 2.34. The van der Waals surface area contributed by atoms with Gasteiger partial charge in [0, 0.05) is 30.6 Å². The van der Waals surface area contributed by atoms with Crippen LogP contribution in [0.3, 0.4) is 0 Å². The van der Waals surface area contributed by atoms with E-state index in [-0.39, 0.29) is 5.82 Å². The lowest BCUT2D eigenvalue weighted by molar-refractivity contribution is 0.315. The van der Waals surface area contributed by atoms with E-state index in [0.29, 0.717) is 5.92 Å². The second-order valence-electron chi connectivity index (χ2n) is 7.85. The van der Waals surface area contributed by atoms with Crippen LogP contribution in [0.4, 0.5) is 10.2 Å². The van der Waals surface area contributed by atoms with Gasteiger partial charge in [0.15, 0.2) is 5.82 Å². The summed E-state index contributed by atoms with van der Waals surface area (Å²) in [4.78, 5) is 8.66. The largest absolute Gasteiger partial charge is 0.357 e. The molecule has 0 unspecified atom stereocenters. The van der Waals surface area contributed by atoms with E-state index in [1.165, 1.54) is 17.8 Å². The van der Waals surface area contributed by atoms with Gasteiger partial charge in [0.1, 0.15) is 17.5 Å². The minimum Gasteiger partial charge on any atom is -0.357 e. The van der Waals surface area contributed by atoms with Crippen LogP contribution in [0.1, 0.15) is 36.0 Å². The van der Waals surface area contributed by atoms with Gasteiger partial charge in [-0.05, 0) is 55.8 Å². The molecule has 1 saturated heterocycles. The van der Waals surface area contributed by atoms with Crippen molar-refractivity contribution >= 4 is 17.4 Å². The van der Waals surface area contributed by atoms with Crippen molar-refractivity contribution in [1.29, 1.82) is 0 Å². The second kappa shape index (κ2) is 7.39. The van der Waals surface area contributed by atoms with Crippen molar-refractivity contribution in [2.45, 2.75) is 31.8 Å². The first-order valence-electron chi connectivity index (χ1n) is 9.86. The molecule has 6 nitrogen and oxygen atoms in total. The summed E-state index contributed by atoms with van der Waals surface area (Å²) >= 11 is 6.26. The van der Waals surface area contributed by atoms with E-state index in [1.807, 2.05) is 12.1 Å². The van der Waals surface area contributed by atoms with Crippen LogP contribution in [-0.4, -0.2) is 44.8 Å². The Morgan fingerprint density at radius 3 is 2.66 bits per heavy atom. The molecule has 0 radical (unpaired) electrons. The third-order valence-corrected chi connectivity index (χ3v) is 6.02. The van der Waals surface area contributed by atoms with Crippen LogP contribution in [0.2, 0.25) is 5.02 Å². The maximum absolute atomic E-state index is 13.2. The van der Waals surface area contributed by atoms with Gasteiger partial charge in [-0.1, -0.05) is 11.6 Å². The Hall–Kier alpha value is -2.51. The number of pyridine rings is 1. The number of halogens is 2. The summed E-state index contributed by atoms with van der Waals surface area (Å²) in [6, 6.07) is 9.25. The summed E-state index contributed by atoms with van der Waals surface area (Å²) in [6.07, 6.45) is 3.18. The fourth-order valence-electron chi connectivity index (χ4n) is 4.37. The molecule has 2 aliphatic rings. The molecule has 2 aromatic heterocycles. The van der Waals surface area contributed by atoms with Gasteiger partial charge in [-0.2, -0.15) is 0 Å². The lowest BCUT2D eigenvalue weighted by Gasteiger charge is -2.32. The van der Waals surface area contributed by atoms with Crippen molar-refractivity contribution in [3.63, 3.8) is 0 Å². The molecule has 5 rings (SSSR count). The van der Waals surface area contributed by atoms with Gasteiger partial charge in [0.05, 0.1) is 18.4 Å². The number of piperidine rings is 1. The van der Waals surface area contributed by atoms with Gasteiger partial charge >= 0.3 is 0 Å². The van der Waals surface area contributed by atoms with Gasteiger partial charge in [0.25, 0.3) is 0 Å². The van der Waals surface area contributed by atoms with Crippen LogP contribution >= 0.6 is 11.6 Å². The Balaban J connectivity index is 1.43. The highest BCUT2D eigenvalue weighted by atomic mass is 35.5. The van der Waals surface area contributed by atoms with E-state index < -0.39 is 0 Å². The van der Waals surface area contributed by atoms with E-state index in [4.69, 9.17) is 11.6 Å². The number of anilines is 1. The van der Waals surface area contributed by atoms with Crippen molar-refractivity contribution < 1.29 is 4.39 Å². The zero-order valence-electron chi connectivity index (χ0n) is 16.2. The molecule has 8 heteroatoms. The Kier molecular flexibility index (Phi) is 4.72. The standard InChI is InChI=1S/C21H22ClFN6/c1-27-12-15-10-16(22)2-4-18(15)29-20(13-27)25-26-21(29)14-6-8-28(9-7-14)19-5-3-17(23)11-24-19/h2-5,10-11,14H,6-9,12-13H2,1H3. The van der Waals surface area contributed by atoms with E-state index >= 15 is 0 Å². The quantitative estimate of drug-likeness (QED) is 0.641. The summed E-state index contributed by atoms with van der Waals surface area (Å²) in [7, 11) is 2.09. The molecule has 2 aliphatic heterocycles. The van der Waals surface area contributed by atoms with Crippen molar-refractivity contribution in [3.8, 4) is 5.69 Å². The molecule has 150 valence electrons. The van der Waals surface area contributed by atoms with Gasteiger partial charge < -0.3 is 4.90 Å². The Morgan fingerprint density at radius 1 is 1.07 bits per heavy atom. The molecule has 0 saturated carbocycles. The smallest absolute Gasteiger partial charge is 0.151 e. The Morgan fingerprint density at radius 2 is 1.90 bits per heavy atom. The topological polar surface area (TPSA) is 50.1 Å². The second-order valence-corrected chi connectivity index (χ2v) is 8.29. The summed E-state index contributed by atoms with van der Waals surface area (Å²) in [5.41, 5.74) is 2.31. The number of nitrogens with zero attached hydrogens (tertiary/aromatic N) is 6. The highest BCUT2D eigenvalue weighted by molar-refractivity contribution is 6.30. The maximum atomic E-state index is 13.2. The molecule has 3 aromatic rings. The van der Waals surface area contributed by atoms with E-state index in [9.17, 15) is 4.39 Å². The predicted molar refractivity (Wildman–Crippen MR) is 110 cm³/mol. The summed E-state index contributed by atoms with van der Waals surface area (Å²) in [5.74, 6) is 2.82. The number of rotatable bonds is 2. The lowest BCUT2D eigenvalue weighted by Crippen LogP contribution is -2.34. The zero-order valence-corrected chi connectivity index (χ0v) is 17.0. The lowest BCUT2D eigenvalue weighted by atomic mass is 9.95. The Bertz CT molecular complexity index is 1030.